The van der Waals surface area contributed by atoms with Crippen LogP contribution in [0.3, 0.4) is 0 Å². The van der Waals surface area contributed by atoms with E-state index in [0.29, 0.717) is 24.4 Å². The van der Waals surface area contributed by atoms with Gasteiger partial charge in [0.15, 0.2) is 0 Å². The van der Waals surface area contributed by atoms with Crippen molar-refractivity contribution in [3.8, 4) is 0 Å². The Kier molecular flexibility index (Phi) is 4.91. The molecule has 5 heteroatoms. The van der Waals surface area contributed by atoms with Crippen molar-refractivity contribution in [2.24, 2.45) is 23.2 Å². The van der Waals surface area contributed by atoms with Crippen LogP contribution in [-0.4, -0.2) is 54.0 Å². The van der Waals surface area contributed by atoms with Crippen molar-refractivity contribution in [1.82, 2.24) is 10.2 Å². The third kappa shape index (κ3) is 3.64. The van der Waals surface area contributed by atoms with Crippen molar-refractivity contribution in [3.05, 3.63) is 0 Å². The van der Waals surface area contributed by atoms with E-state index in [2.05, 4.69) is 19.2 Å². The molecule has 0 spiro atoms. The maximum absolute atomic E-state index is 12.2. The highest BCUT2D eigenvalue weighted by Crippen LogP contribution is 2.50. The highest BCUT2D eigenvalue weighted by Gasteiger charge is 2.43. The second kappa shape index (κ2) is 6.31. The number of carbonyl (C=O) groups is 1. The molecule has 0 radical (unpaired) electrons. The van der Waals surface area contributed by atoms with E-state index in [4.69, 9.17) is 0 Å². The number of aliphatic hydroxyl groups excluding tert-OH is 2. The van der Waals surface area contributed by atoms with Crippen molar-refractivity contribution in [3.63, 3.8) is 0 Å². The minimum absolute atomic E-state index is 0.0105. The summed E-state index contributed by atoms with van der Waals surface area (Å²) in [7, 11) is 0. The molecule has 2 rings (SSSR count). The Morgan fingerprint density at radius 3 is 2.20 bits per heavy atom. The lowest BCUT2D eigenvalue weighted by molar-refractivity contribution is 0.152. The summed E-state index contributed by atoms with van der Waals surface area (Å²) >= 11 is 0. The fourth-order valence-electron chi connectivity index (χ4n) is 3.39. The number of nitrogens with zero attached hydrogens (tertiary/aromatic N) is 1. The second-order valence-electron chi connectivity index (χ2n) is 7.05. The molecule has 1 saturated heterocycles. The molecule has 1 heterocycles. The Morgan fingerprint density at radius 1 is 1.25 bits per heavy atom. The van der Waals surface area contributed by atoms with Crippen LogP contribution in [0.4, 0.5) is 4.79 Å². The Balaban J connectivity index is 1.78. The fraction of sp³-hybridized carbons (Fsp3) is 0.933. The smallest absolute Gasteiger partial charge is 0.317 e. The van der Waals surface area contributed by atoms with Gasteiger partial charge in [-0.1, -0.05) is 13.8 Å². The monoisotopic (exact) mass is 284 g/mol. The van der Waals surface area contributed by atoms with E-state index in [9.17, 15) is 15.0 Å². The fourth-order valence-corrected chi connectivity index (χ4v) is 3.39. The van der Waals surface area contributed by atoms with Crippen LogP contribution in [0.2, 0.25) is 0 Å². The summed E-state index contributed by atoms with van der Waals surface area (Å²) in [5.74, 6) is 0.686. The number of rotatable bonds is 6. The van der Waals surface area contributed by atoms with Gasteiger partial charge in [0.25, 0.3) is 0 Å². The first-order chi connectivity index (χ1) is 9.49. The minimum Gasteiger partial charge on any atom is -0.396 e. The molecule has 20 heavy (non-hydrogen) atoms. The lowest BCUT2D eigenvalue weighted by Gasteiger charge is -2.22. The largest absolute Gasteiger partial charge is 0.396 e. The van der Waals surface area contributed by atoms with Gasteiger partial charge in [0.05, 0.1) is 0 Å². The van der Waals surface area contributed by atoms with E-state index in [1.807, 2.05) is 0 Å². The first-order valence-corrected chi connectivity index (χ1v) is 7.74. The summed E-state index contributed by atoms with van der Waals surface area (Å²) in [4.78, 5) is 13.9. The summed E-state index contributed by atoms with van der Waals surface area (Å²) in [5, 5.41) is 21.6. The predicted octanol–water partition coefficient (Wildman–Crippen LogP) is 1.05. The molecule has 116 valence electrons. The third-order valence-electron chi connectivity index (χ3n) is 4.75. The van der Waals surface area contributed by atoms with Crippen LogP contribution in [0, 0.1) is 23.2 Å². The molecule has 2 atom stereocenters. The van der Waals surface area contributed by atoms with Crippen molar-refractivity contribution in [2.45, 2.75) is 33.1 Å². The van der Waals surface area contributed by atoms with Crippen LogP contribution in [0.1, 0.15) is 33.1 Å². The van der Waals surface area contributed by atoms with Crippen molar-refractivity contribution in [1.29, 1.82) is 0 Å². The summed E-state index contributed by atoms with van der Waals surface area (Å²) in [6.45, 7) is 6.36. The summed E-state index contributed by atoms with van der Waals surface area (Å²) in [6, 6.07) is -0.0468. The van der Waals surface area contributed by atoms with Gasteiger partial charge in [-0.3, -0.25) is 0 Å². The molecular formula is C15H28N2O3. The molecule has 5 nitrogen and oxygen atoms in total. The van der Waals surface area contributed by atoms with E-state index >= 15 is 0 Å². The lowest BCUT2D eigenvalue weighted by Crippen LogP contribution is -2.41. The quantitative estimate of drug-likeness (QED) is 0.683. The standard InChI is InChI=1S/C15H28N2O3/c1-11(2)5-15(3-4-15)10-16-14(20)17-6-12(8-18)13(7-17)9-19/h11-13,18-19H,3-10H2,1-2H3,(H,16,20)/t12-,13-/m0/s1. The first-order valence-electron chi connectivity index (χ1n) is 7.74. The number of urea groups is 1. The third-order valence-corrected chi connectivity index (χ3v) is 4.75. The van der Waals surface area contributed by atoms with Crippen LogP contribution in [0.25, 0.3) is 0 Å². The molecule has 0 unspecified atom stereocenters. The minimum atomic E-state index is -0.0468. The molecule has 0 aromatic heterocycles. The van der Waals surface area contributed by atoms with E-state index < -0.39 is 0 Å². The zero-order valence-electron chi connectivity index (χ0n) is 12.6. The highest BCUT2D eigenvalue weighted by atomic mass is 16.3. The van der Waals surface area contributed by atoms with Gasteiger partial charge in [-0.25, -0.2) is 4.79 Å². The zero-order chi connectivity index (χ0) is 14.8. The number of hydrogen-bond acceptors (Lipinski definition) is 3. The normalized spacial score (nSPS) is 27.9. The zero-order valence-corrected chi connectivity index (χ0v) is 12.6. The van der Waals surface area contributed by atoms with E-state index in [0.717, 1.165) is 6.54 Å². The second-order valence-corrected chi connectivity index (χ2v) is 7.05. The van der Waals surface area contributed by atoms with Gasteiger partial charge in [0.2, 0.25) is 0 Å². The Labute approximate surface area is 121 Å². The van der Waals surface area contributed by atoms with Crippen molar-refractivity contribution in [2.75, 3.05) is 32.8 Å². The molecule has 2 amide bonds. The van der Waals surface area contributed by atoms with Gasteiger partial charge in [-0.15, -0.1) is 0 Å². The topological polar surface area (TPSA) is 72.8 Å². The molecule has 2 fully saturated rings. The van der Waals surface area contributed by atoms with Crippen LogP contribution < -0.4 is 5.32 Å². The lowest BCUT2D eigenvalue weighted by atomic mass is 9.94. The number of amides is 2. The summed E-state index contributed by atoms with van der Waals surface area (Å²) < 4.78 is 0. The van der Waals surface area contributed by atoms with Crippen LogP contribution in [0.5, 0.6) is 0 Å². The van der Waals surface area contributed by atoms with Crippen LogP contribution in [-0.2, 0) is 0 Å². The SMILES string of the molecule is CC(C)CC1(CNC(=O)N2C[C@@H](CO)[C@H](CO)C2)CC1. The van der Waals surface area contributed by atoms with E-state index in [1.54, 1.807) is 4.90 Å². The molecule has 1 aliphatic heterocycles. The molecule has 0 aromatic rings. The number of likely N-dealkylation sites (tertiary alicyclic amines) is 1. The van der Waals surface area contributed by atoms with Crippen molar-refractivity contribution >= 4 is 6.03 Å². The maximum atomic E-state index is 12.2. The molecule has 3 N–H and O–H groups in total. The summed E-state index contributed by atoms with van der Waals surface area (Å²) in [6.07, 6.45) is 3.60. The van der Waals surface area contributed by atoms with Crippen LogP contribution >= 0.6 is 0 Å². The van der Waals surface area contributed by atoms with Gasteiger partial charge in [0, 0.05) is 44.7 Å². The van der Waals surface area contributed by atoms with Crippen molar-refractivity contribution < 1.29 is 15.0 Å². The summed E-state index contributed by atoms with van der Waals surface area (Å²) in [5.41, 5.74) is 0.330. The number of aliphatic hydroxyl groups is 2. The van der Waals surface area contributed by atoms with Gasteiger partial charge in [-0.2, -0.15) is 0 Å². The molecule has 0 bridgehead atoms. The predicted molar refractivity (Wildman–Crippen MR) is 77.2 cm³/mol. The van der Waals surface area contributed by atoms with E-state index in [-0.39, 0.29) is 31.1 Å². The average molecular weight is 284 g/mol. The Bertz CT molecular complexity index is 330. The molecule has 2 aliphatic rings. The Morgan fingerprint density at radius 2 is 1.80 bits per heavy atom. The molecular weight excluding hydrogens is 256 g/mol. The van der Waals surface area contributed by atoms with Gasteiger partial charge in [-0.05, 0) is 30.6 Å². The van der Waals surface area contributed by atoms with E-state index in [1.165, 1.54) is 19.3 Å². The van der Waals surface area contributed by atoms with Gasteiger partial charge >= 0.3 is 6.03 Å². The van der Waals surface area contributed by atoms with Gasteiger partial charge < -0.3 is 20.4 Å². The first kappa shape index (κ1) is 15.6. The average Bonchev–Trinajstić information content (AvgIpc) is 3.03. The molecule has 1 aliphatic carbocycles. The number of carbonyl (C=O) groups excluding carboxylic acids is 1. The number of nitrogens with one attached hydrogen (secondary N) is 1. The van der Waals surface area contributed by atoms with Gasteiger partial charge in [0.1, 0.15) is 0 Å². The van der Waals surface area contributed by atoms with Crippen LogP contribution in [0.15, 0.2) is 0 Å². The molecule has 1 saturated carbocycles. The number of hydrogen-bond donors (Lipinski definition) is 3. The highest BCUT2D eigenvalue weighted by molar-refractivity contribution is 5.74. The molecule has 0 aromatic carbocycles. The Hall–Kier alpha value is -0.810. The maximum Gasteiger partial charge on any atom is 0.317 e.